The number of hydrogen-bond acceptors (Lipinski definition) is 5. The second-order valence-electron chi connectivity index (χ2n) is 4.92. The molecule has 2 aliphatic heterocycles. The smallest absolute Gasteiger partial charge is 0.280 e. The molecule has 0 aromatic carbocycles. The fraction of sp³-hybridized carbons (Fsp3) is 0.308. The van der Waals surface area contributed by atoms with E-state index >= 15 is 0 Å². The lowest BCUT2D eigenvalue weighted by atomic mass is 9.92. The second-order valence-corrected chi connectivity index (χ2v) is 4.92. The van der Waals surface area contributed by atoms with Crippen molar-refractivity contribution in [3.05, 3.63) is 29.6 Å². The molecule has 2 unspecified atom stereocenters. The first kappa shape index (κ1) is 12.5. The molecule has 1 aromatic heterocycles. The van der Waals surface area contributed by atoms with Crippen LogP contribution in [0.4, 0.5) is 0 Å². The molecule has 7 nitrogen and oxygen atoms in total. The number of carbonyl (C=O) groups is 4. The molecule has 0 bridgehead atoms. The van der Waals surface area contributed by atoms with Gasteiger partial charge >= 0.3 is 0 Å². The molecule has 4 amide bonds. The van der Waals surface area contributed by atoms with Crippen molar-refractivity contribution < 1.29 is 19.2 Å². The van der Waals surface area contributed by atoms with Gasteiger partial charge in [-0.3, -0.25) is 34.4 Å². The highest BCUT2D eigenvalue weighted by Gasteiger charge is 2.47. The molecule has 3 heterocycles. The predicted octanol–water partition coefficient (Wildman–Crippen LogP) is -0.271. The van der Waals surface area contributed by atoms with E-state index in [0.29, 0.717) is 0 Å². The Morgan fingerprint density at radius 1 is 1.25 bits per heavy atom. The molecule has 7 heteroatoms. The van der Waals surface area contributed by atoms with Crippen LogP contribution in [0, 0.1) is 5.92 Å². The lowest BCUT2D eigenvalue weighted by Crippen LogP contribution is -2.58. The van der Waals surface area contributed by atoms with Crippen molar-refractivity contribution >= 4 is 23.6 Å². The van der Waals surface area contributed by atoms with Gasteiger partial charge in [-0.2, -0.15) is 0 Å². The molecule has 1 aromatic rings. The van der Waals surface area contributed by atoms with Gasteiger partial charge in [0.05, 0.1) is 5.56 Å². The van der Waals surface area contributed by atoms with Crippen LogP contribution in [-0.4, -0.2) is 39.6 Å². The van der Waals surface area contributed by atoms with Crippen LogP contribution in [0.3, 0.4) is 0 Å². The topological polar surface area (TPSA) is 96.4 Å². The van der Waals surface area contributed by atoms with Crippen molar-refractivity contribution in [2.45, 2.75) is 19.4 Å². The summed E-state index contributed by atoms with van der Waals surface area (Å²) in [5, 5.41) is 2.16. The number of rotatable bonds is 1. The summed E-state index contributed by atoms with van der Waals surface area (Å²) >= 11 is 0. The van der Waals surface area contributed by atoms with Gasteiger partial charge in [-0.05, 0) is 18.1 Å². The molecule has 2 aliphatic rings. The van der Waals surface area contributed by atoms with Gasteiger partial charge in [-0.25, -0.2) is 0 Å². The number of nitrogens with zero attached hydrogens (tertiary/aromatic N) is 2. The molecule has 102 valence electrons. The summed E-state index contributed by atoms with van der Waals surface area (Å²) < 4.78 is 0. The van der Waals surface area contributed by atoms with Gasteiger partial charge < -0.3 is 0 Å². The van der Waals surface area contributed by atoms with Gasteiger partial charge in [0.15, 0.2) is 0 Å². The maximum absolute atomic E-state index is 12.3. The monoisotopic (exact) mass is 273 g/mol. The number of piperidine rings is 1. The van der Waals surface area contributed by atoms with Crippen LogP contribution in [0.15, 0.2) is 18.3 Å². The van der Waals surface area contributed by atoms with E-state index in [1.54, 1.807) is 13.0 Å². The maximum Gasteiger partial charge on any atom is 0.280 e. The standard InChI is InChI=1S/C13H11N3O4/c1-6-5-8(17)15-11(18)10(6)16-12(19)7-3-2-4-14-9(7)13(16)20/h2-4,6,10H,5H2,1H3,(H,15,17,18). The third kappa shape index (κ3) is 1.63. The van der Waals surface area contributed by atoms with Gasteiger partial charge in [-0.1, -0.05) is 6.92 Å². The normalized spacial score (nSPS) is 25.8. The number of carbonyl (C=O) groups excluding carboxylic acids is 4. The van der Waals surface area contributed by atoms with Crippen molar-refractivity contribution in [2.24, 2.45) is 5.92 Å². The first-order valence-corrected chi connectivity index (χ1v) is 6.17. The molecule has 1 N–H and O–H groups in total. The fourth-order valence-electron chi connectivity index (χ4n) is 2.63. The number of nitrogens with one attached hydrogen (secondary N) is 1. The number of aromatic nitrogens is 1. The minimum atomic E-state index is -0.970. The van der Waals surface area contributed by atoms with Crippen LogP contribution < -0.4 is 5.32 Å². The number of imide groups is 2. The largest absolute Gasteiger partial charge is 0.295 e. The van der Waals surface area contributed by atoms with Crippen molar-refractivity contribution in [3.8, 4) is 0 Å². The van der Waals surface area contributed by atoms with Crippen molar-refractivity contribution in [1.82, 2.24) is 15.2 Å². The van der Waals surface area contributed by atoms with Crippen molar-refractivity contribution in [1.29, 1.82) is 0 Å². The SMILES string of the molecule is CC1CC(=O)NC(=O)C1N1C(=O)c2cccnc2C1=O. The van der Waals surface area contributed by atoms with E-state index in [1.165, 1.54) is 12.3 Å². The van der Waals surface area contributed by atoms with Gasteiger partial charge in [0.1, 0.15) is 11.7 Å². The molecule has 3 rings (SSSR count). The van der Waals surface area contributed by atoms with Gasteiger partial charge in [0.25, 0.3) is 11.8 Å². The second kappa shape index (κ2) is 4.22. The Morgan fingerprint density at radius 3 is 2.65 bits per heavy atom. The summed E-state index contributed by atoms with van der Waals surface area (Å²) in [4.78, 5) is 52.6. The lowest BCUT2D eigenvalue weighted by molar-refractivity contribution is -0.138. The Kier molecular flexibility index (Phi) is 2.63. The molecule has 1 fully saturated rings. The molecular weight excluding hydrogens is 262 g/mol. The summed E-state index contributed by atoms with van der Waals surface area (Å²) in [6.45, 7) is 1.66. The molecule has 1 saturated heterocycles. The van der Waals surface area contributed by atoms with Crippen molar-refractivity contribution in [2.75, 3.05) is 0 Å². The lowest BCUT2D eigenvalue weighted by Gasteiger charge is -2.32. The summed E-state index contributed by atoms with van der Waals surface area (Å²) in [5.41, 5.74) is 0.240. The first-order chi connectivity index (χ1) is 9.50. The van der Waals surface area contributed by atoms with Crippen LogP contribution in [0.5, 0.6) is 0 Å². The van der Waals surface area contributed by atoms with E-state index in [0.717, 1.165) is 4.90 Å². The maximum atomic E-state index is 12.3. The zero-order valence-electron chi connectivity index (χ0n) is 10.6. The zero-order chi connectivity index (χ0) is 14.4. The molecular formula is C13H11N3O4. The predicted molar refractivity (Wildman–Crippen MR) is 65.5 cm³/mol. The summed E-state index contributed by atoms with van der Waals surface area (Å²) in [5.74, 6) is -2.57. The van der Waals surface area contributed by atoms with Crippen LogP contribution >= 0.6 is 0 Å². The molecule has 0 spiro atoms. The van der Waals surface area contributed by atoms with E-state index in [4.69, 9.17) is 0 Å². The van der Waals surface area contributed by atoms with E-state index in [1.807, 2.05) is 0 Å². The fourth-order valence-corrected chi connectivity index (χ4v) is 2.63. The highest BCUT2D eigenvalue weighted by molar-refractivity contribution is 6.22. The number of hydrogen-bond donors (Lipinski definition) is 1. The van der Waals surface area contributed by atoms with Gasteiger partial charge in [0.2, 0.25) is 11.8 Å². The third-order valence-electron chi connectivity index (χ3n) is 3.53. The highest BCUT2D eigenvalue weighted by Crippen LogP contribution is 2.28. The van der Waals surface area contributed by atoms with Gasteiger partial charge in [0, 0.05) is 12.6 Å². The third-order valence-corrected chi connectivity index (χ3v) is 3.53. The number of pyridine rings is 1. The molecule has 2 atom stereocenters. The molecule has 0 saturated carbocycles. The summed E-state index contributed by atoms with van der Waals surface area (Å²) in [7, 11) is 0. The van der Waals surface area contributed by atoms with Crippen LogP contribution in [0.1, 0.15) is 34.2 Å². The Hall–Kier alpha value is -2.57. The minimum absolute atomic E-state index is 0.0504. The van der Waals surface area contributed by atoms with E-state index in [2.05, 4.69) is 10.3 Å². The molecule has 0 radical (unpaired) electrons. The van der Waals surface area contributed by atoms with Crippen LogP contribution in [0.2, 0.25) is 0 Å². The quantitative estimate of drug-likeness (QED) is 0.710. The van der Waals surface area contributed by atoms with Crippen LogP contribution in [0.25, 0.3) is 0 Å². The van der Waals surface area contributed by atoms with E-state index in [9.17, 15) is 19.2 Å². The molecule has 0 aliphatic carbocycles. The number of fused-ring (bicyclic) bond motifs is 1. The Balaban J connectivity index is 2.00. The average molecular weight is 273 g/mol. The summed E-state index contributed by atoms with van der Waals surface area (Å²) in [6, 6.07) is 2.09. The van der Waals surface area contributed by atoms with E-state index in [-0.39, 0.29) is 17.7 Å². The number of amides is 4. The summed E-state index contributed by atoms with van der Waals surface area (Å²) in [6.07, 6.45) is 1.51. The Labute approximate surface area is 114 Å². The average Bonchev–Trinajstić information content (AvgIpc) is 2.64. The van der Waals surface area contributed by atoms with Gasteiger partial charge in [-0.15, -0.1) is 0 Å². The zero-order valence-corrected chi connectivity index (χ0v) is 10.6. The minimum Gasteiger partial charge on any atom is -0.295 e. The van der Waals surface area contributed by atoms with Crippen molar-refractivity contribution in [3.63, 3.8) is 0 Å². The van der Waals surface area contributed by atoms with Crippen LogP contribution in [-0.2, 0) is 9.59 Å². The molecule has 20 heavy (non-hydrogen) atoms. The van der Waals surface area contributed by atoms with E-state index < -0.39 is 35.6 Å². The highest BCUT2D eigenvalue weighted by atomic mass is 16.2. The Bertz CT molecular complexity index is 620. The first-order valence-electron chi connectivity index (χ1n) is 6.17. The Morgan fingerprint density at radius 2 is 2.00 bits per heavy atom.